The van der Waals surface area contributed by atoms with Gasteiger partial charge in [0.25, 0.3) is 0 Å². The molecule has 0 spiro atoms. The molecule has 1 amide bonds. The molecule has 2 aromatic carbocycles. The summed E-state index contributed by atoms with van der Waals surface area (Å²) in [5.74, 6) is -1.09. The van der Waals surface area contributed by atoms with Crippen molar-refractivity contribution in [3.63, 3.8) is 0 Å². The van der Waals surface area contributed by atoms with Gasteiger partial charge in [0.2, 0.25) is 11.8 Å². The number of rotatable bonds is 5. The first-order chi connectivity index (χ1) is 20.4. The Morgan fingerprint density at radius 2 is 1.83 bits per heavy atom. The van der Waals surface area contributed by atoms with Crippen LogP contribution in [0.1, 0.15) is 56.9 Å². The Morgan fingerprint density at radius 1 is 1.02 bits per heavy atom. The summed E-state index contributed by atoms with van der Waals surface area (Å²) in [6, 6.07) is 19.1. The van der Waals surface area contributed by atoms with Crippen molar-refractivity contribution < 1.29 is 24.2 Å². The molecule has 1 aromatic heterocycles. The van der Waals surface area contributed by atoms with Crippen LogP contribution in [0.25, 0.3) is 10.8 Å². The Balaban J connectivity index is 1.30. The Labute approximate surface area is 246 Å². The number of carbonyl (C=O) groups is 3. The zero-order valence-electron chi connectivity index (χ0n) is 23.9. The molecule has 1 saturated heterocycles. The Bertz CT molecular complexity index is 1480. The fourth-order valence-corrected chi connectivity index (χ4v) is 6.85. The first-order valence-electron chi connectivity index (χ1n) is 15.2. The summed E-state index contributed by atoms with van der Waals surface area (Å²) in [5, 5.41) is 12.0. The van der Waals surface area contributed by atoms with Crippen LogP contribution in [0.3, 0.4) is 0 Å². The van der Waals surface area contributed by atoms with Crippen LogP contribution in [-0.2, 0) is 20.8 Å². The highest BCUT2D eigenvalue weighted by Gasteiger charge is 2.61. The van der Waals surface area contributed by atoms with Gasteiger partial charge in [-0.3, -0.25) is 14.4 Å². The van der Waals surface area contributed by atoms with E-state index >= 15 is 0 Å². The predicted octanol–water partition coefficient (Wildman–Crippen LogP) is 6.01. The van der Waals surface area contributed by atoms with Crippen LogP contribution in [0.2, 0.25) is 0 Å². The lowest BCUT2D eigenvalue weighted by atomic mass is 9.90. The number of carboxylic acid groups (broad SMARTS) is 1. The monoisotopic (exact) mass is 566 g/mol. The molecule has 7 nitrogen and oxygen atoms in total. The lowest BCUT2D eigenvalue weighted by Crippen LogP contribution is -2.45. The summed E-state index contributed by atoms with van der Waals surface area (Å²) in [6.45, 7) is 0.273. The van der Waals surface area contributed by atoms with Gasteiger partial charge in [-0.15, -0.1) is 0 Å². The molecule has 0 radical (unpaired) electrons. The molecule has 1 saturated carbocycles. The first-order valence-corrected chi connectivity index (χ1v) is 15.2. The number of pyridine rings is 1. The molecule has 218 valence electrons. The van der Waals surface area contributed by atoms with E-state index in [0.717, 1.165) is 48.4 Å². The van der Waals surface area contributed by atoms with E-state index in [1.165, 1.54) is 0 Å². The van der Waals surface area contributed by atoms with Crippen LogP contribution in [0.15, 0.2) is 79.0 Å². The number of aromatic nitrogens is 1. The fourth-order valence-electron chi connectivity index (χ4n) is 6.85. The molecule has 2 aliphatic heterocycles. The van der Waals surface area contributed by atoms with E-state index in [2.05, 4.69) is 11.1 Å². The molecule has 2 fully saturated rings. The van der Waals surface area contributed by atoms with E-state index in [1.54, 1.807) is 11.1 Å². The second-order valence-corrected chi connectivity index (χ2v) is 12.2. The molecule has 0 unspecified atom stereocenters. The van der Waals surface area contributed by atoms with Gasteiger partial charge in [-0.25, -0.2) is 4.98 Å². The number of ketones is 1. The molecule has 42 heavy (non-hydrogen) atoms. The number of fused-ring (bicyclic) bond motifs is 3. The summed E-state index contributed by atoms with van der Waals surface area (Å²) >= 11 is 0. The van der Waals surface area contributed by atoms with Crippen molar-refractivity contribution in [2.24, 2.45) is 17.3 Å². The van der Waals surface area contributed by atoms with Gasteiger partial charge in [-0.05, 0) is 61.1 Å². The lowest BCUT2D eigenvalue weighted by molar-refractivity contribution is -0.147. The number of ether oxygens (including phenoxy) is 1. The summed E-state index contributed by atoms with van der Waals surface area (Å²) in [4.78, 5) is 46.8. The second kappa shape index (κ2) is 12.1. The van der Waals surface area contributed by atoms with Gasteiger partial charge in [0, 0.05) is 30.3 Å². The van der Waals surface area contributed by atoms with Gasteiger partial charge in [0.15, 0.2) is 5.78 Å². The number of amides is 1. The van der Waals surface area contributed by atoms with Gasteiger partial charge in [0.05, 0.1) is 18.0 Å². The van der Waals surface area contributed by atoms with Crippen LogP contribution in [0.5, 0.6) is 5.88 Å². The number of carbonyl (C=O) groups excluding carboxylic acids is 2. The summed E-state index contributed by atoms with van der Waals surface area (Å²) < 4.78 is 6.41. The van der Waals surface area contributed by atoms with E-state index < -0.39 is 23.5 Å². The molecule has 5 atom stereocenters. The quantitative estimate of drug-likeness (QED) is 0.380. The van der Waals surface area contributed by atoms with Crippen molar-refractivity contribution in [1.82, 2.24) is 9.88 Å². The number of hydrogen-bond acceptors (Lipinski definition) is 5. The van der Waals surface area contributed by atoms with Crippen LogP contribution in [-0.4, -0.2) is 51.3 Å². The summed E-state index contributed by atoms with van der Waals surface area (Å²) in [5.41, 5.74) is 0.0133. The van der Waals surface area contributed by atoms with Crippen LogP contribution >= 0.6 is 0 Å². The largest absolute Gasteiger partial charge is 0.481 e. The van der Waals surface area contributed by atoms with E-state index in [9.17, 15) is 19.5 Å². The van der Waals surface area contributed by atoms with Crippen molar-refractivity contribution in [3.05, 3.63) is 84.6 Å². The fraction of sp³-hybridized carbons (Fsp3) is 0.429. The molecule has 1 N–H and O–H groups in total. The molecule has 0 bridgehead atoms. The van der Waals surface area contributed by atoms with Crippen LogP contribution in [0.4, 0.5) is 0 Å². The Kier molecular flexibility index (Phi) is 8.09. The highest BCUT2D eigenvalue weighted by atomic mass is 16.5. The number of nitrogens with zero attached hydrogens (tertiary/aromatic N) is 2. The van der Waals surface area contributed by atoms with Gasteiger partial charge in [0.1, 0.15) is 6.10 Å². The van der Waals surface area contributed by atoms with Crippen molar-refractivity contribution in [1.29, 1.82) is 0 Å². The SMILES string of the molecule is O=C1C[C@]2(C(=O)O)C[C@H]2/C=C\CCCCC[C@H](Cc2ccccc2)C(=O)N2C[C@H](Oc3nccc4ccccc34)C[C@@H]12. The summed E-state index contributed by atoms with van der Waals surface area (Å²) in [6.07, 6.45) is 11.2. The molecule has 3 heterocycles. The van der Waals surface area contributed by atoms with Gasteiger partial charge in [-0.1, -0.05) is 73.5 Å². The van der Waals surface area contributed by atoms with E-state index in [0.29, 0.717) is 25.1 Å². The van der Waals surface area contributed by atoms with E-state index in [4.69, 9.17) is 4.74 Å². The Morgan fingerprint density at radius 3 is 2.67 bits per heavy atom. The maximum atomic E-state index is 14.3. The number of allylic oxidation sites excluding steroid dienone is 2. The van der Waals surface area contributed by atoms with Crippen molar-refractivity contribution in [3.8, 4) is 5.88 Å². The molecule has 7 heteroatoms. The average molecular weight is 567 g/mol. The topological polar surface area (TPSA) is 96.8 Å². The zero-order chi connectivity index (χ0) is 29.1. The maximum Gasteiger partial charge on any atom is 0.310 e. The van der Waals surface area contributed by atoms with E-state index in [1.807, 2.05) is 66.7 Å². The van der Waals surface area contributed by atoms with E-state index in [-0.39, 0.29) is 36.5 Å². The highest BCUT2D eigenvalue weighted by Crippen LogP contribution is 2.57. The lowest BCUT2D eigenvalue weighted by Gasteiger charge is -2.29. The third-order valence-corrected chi connectivity index (χ3v) is 9.35. The van der Waals surface area contributed by atoms with Crippen molar-refractivity contribution in [2.45, 2.75) is 69.9 Å². The van der Waals surface area contributed by atoms with Gasteiger partial charge < -0.3 is 14.7 Å². The molecule has 3 aliphatic rings. The minimum atomic E-state index is -1.08. The molecule has 6 rings (SSSR count). The third kappa shape index (κ3) is 5.83. The smallest absolute Gasteiger partial charge is 0.310 e. The summed E-state index contributed by atoms with van der Waals surface area (Å²) in [7, 11) is 0. The molecular weight excluding hydrogens is 528 g/mol. The highest BCUT2D eigenvalue weighted by molar-refractivity contribution is 5.95. The molecular formula is C35H38N2O5. The number of benzene rings is 2. The van der Waals surface area contributed by atoms with Gasteiger partial charge >= 0.3 is 5.97 Å². The molecule has 3 aromatic rings. The predicted molar refractivity (Wildman–Crippen MR) is 160 cm³/mol. The van der Waals surface area contributed by atoms with Crippen molar-refractivity contribution >= 4 is 28.4 Å². The standard InChI is InChI=1S/C35H38N2O5/c38-31-22-35(34(40)41)21-27(35)15-8-3-1-2-7-14-26(19-24-11-5-4-6-12-24)33(39)37-23-28(20-30(31)37)42-32-29-16-10-9-13-25(29)17-18-36-32/h4-6,8-13,15-18,26-28,30H,1-3,7,14,19-23H2,(H,40,41)/b15-8-/t26-,27-,28-,30+,35-/m1/s1. The van der Waals surface area contributed by atoms with Crippen LogP contribution in [0, 0.1) is 17.3 Å². The first kappa shape index (κ1) is 28.1. The molecule has 1 aliphatic carbocycles. The minimum Gasteiger partial charge on any atom is -0.481 e. The zero-order valence-corrected chi connectivity index (χ0v) is 23.9. The second-order valence-electron chi connectivity index (χ2n) is 12.2. The minimum absolute atomic E-state index is 0.0427. The third-order valence-electron chi connectivity index (χ3n) is 9.35. The number of hydrogen-bond donors (Lipinski definition) is 1. The average Bonchev–Trinajstić information content (AvgIpc) is 3.53. The van der Waals surface area contributed by atoms with Crippen molar-refractivity contribution in [2.75, 3.05) is 6.54 Å². The normalized spacial score (nSPS) is 29.2. The number of Topliss-reactive ketones (excluding diaryl/α,β-unsaturated/α-hetero) is 1. The van der Waals surface area contributed by atoms with Gasteiger partial charge in [-0.2, -0.15) is 0 Å². The maximum absolute atomic E-state index is 14.3. The number of aliphatic carboxylic acids is 1. The Hall–Kier alpha value is -4.00. The number of carboxylic acids is 1. The van der Waals surface area contributed by atoms with Crippen LogP contribution < -0.4 is 4.74 Å².